The third-order valence-electron chi connectivity index (χ3n) is 4.10. The molecule has 0 radical (unpaired) electrons. The third kappa shape index (κ3) is 21.8. The molecule has 0 aromatic heterocycles. The number of carbonyl (C=O) groups is 2. The Balaban J connectivity index is -0.00000338. The molecular formula is C18H36Na2O8S. The van der Waals surface area contributed by atoms with Gasteiger partial charge < -0.3 is 14.6 Å². The minimum absolute atomic E-state index is 0. The summed E-state index contributed by atoms with van der Waals surface area (Å²) in [7, 11) is -4.82. The molecule has 0 saturated heterocycles. The first-order chi connectivity index (χ1) is 12.8. The second kappa shape index (κ2) is 22.0. The summed E-state index contributed by atoms with van der Waals surface area (Å²) in [6.07, 6.45) is 11.1. The topological polar surface area (TPSA) is 127 Å². The Morgan fingerprint density at radius 1 is 0.828 bits per heavy atom. The van der Waals surface area contributed by atoms with Gasteiger partial charge in [-0.05, 0) is 6.42 Å². The average molecular weight is 459 g/mol. The molecule has 0 rings (SSSR count). The van der Waals surface area contributed by atoms with Crippen molar-refractivity contribution in [1.82, 2.24) is 0 Å². The Bertz CT molecular complexity index is 514. The van der Waals surface area contributed by atoms with Crippen molar-refractivity contribution in [3.8, 4) is 0 Å². The number of esters is 1. The zero-order chi connectivity index (χ0) is 20.5. The quantitative estimate of drug-likeness (QED) is 0.138. The van der Waals surface area contributed by atoms with Gasteiger partial charge in [-0.25, -0.2) is 0 Å². The summed E-state index contributed by atoms with van der Waals surface area (Å²) in [4.78, 5) is 22.1. The molecule has 2 N–H and O–H groups in total. The number of hydrogen-bond acceptors (Lipinski definition) is 6. The van der Waals surface area contributed by atoms with E-state index in [0.29, 0.717) is 6.61 Å². The van der Waals surface area contributed by atoms with E-state index < -0.39 is 33.7 Å². The van der Waals surface area contributed by atoms with Gasteiger partial charge in [0.2, 0.25) is 0 Å². The normalized spacial score (nSPS) is 11.8. The monoisotopic (exact) mass is 458 g/mol. The first-order valence-corrected chi connectivity index (χ1v) is 11.2. The van der Waals surface area contributed by atoms with Crippen LogP contribution in [-0.2, 0) is 29.2 Å². The van der Waals surface area contributed by atoms with E-state index in [2.05, 4.69) is 11.7 Å². The van der Waals surface area contributed by atoms with Crippen molar-refractivity contribution in [2.45, 2.75) is 82.8 Å². The molecule has 0 aromatic rings. The van der Waals surface area contributed by atoms with Crippen LogP contribution in [0.2, 0.25) is 0 Å². The van der Waals surface area contributed by atoms with Gasteiger partial charge in [0.15, 0.2) is 5.25 Å². The molecule has 29 heavy (non-hydrogen) atoms. The number of carboxylic acid groups (broad SMARTS) is 1. The molecule has 0 heterocycles. The molecule has 0 aliphatic rings. The molecule has 0 aromatic carbocycles. The number of hydrogen-bond donors (Lipinski definition) is 2. The molecule has 8 nitrogen and oxygen atoms in total. The Hall–Kier alpha value is 0.810. The SMILES string of the molecule is CCCCCCCCCCCCOCCOC(=O)C(CC(=O)O)S(=O)(=O)O.[NaH].[NaH]. The van der Waals surface area contributed by atoms with Gasteiger partial charge in [0.1, 0.15) is 6.61 Å². The van der Waals surface area contributed by atoms with E-state index in [4.69, 9.17) is 14.4 Å². The molecule has 0 saturated carbocycles. The van der Waals surface area contributed by atoms with E-state index in [-0.39, 0.29) is 72.3 Å². The van der Waals surface area contributed by atoms with E-state index in [0.717, 1.165) is 19.3 Å². The van der Waals surface area contributed by atoms with Gasteiger partial charge in [-0.2, -0.15) is 8.42 Å². The van der Waals surface area contributed by atoms with Crippen molar-refractivity contribution in [3.63, 3.8) is 0 Å². The van der Waals surface area contributed by atoms with Gasteiger partial charge in [0.05, 0.1) is 13.0 Å². The van der Waals surface area contributed by atoms with Gasteiger partial charge in [-0.15, -0.1) is 0 Å². The Labute approximate surface area is 219 Å². The summed E-state index contributed by atoms with van der Waals surface area (Å²) in [6, 6.07) is 0. The van der Waals surface area contributed by atoms with Crippen LogP contribution in [0.5, 0.6) is 0 Å². The van der Waals surface area contributed by atoms with E-state index in [1.165, 1.54) is 44.9 Å². The van der Waals surface area contributed by atoms with Crippen LogP contribution >= 0.6 is 0 Å². The second-order valence-corrected chi connectivity index (χ2v) is 8.16. The molecule has 1 atom stereocenters. The molecule has 1 unspecified atom stereocenters. The van der Waals surface area contributed by atoms with Crippen LogP contribution in [0, 0.1) is 0 Å². The number of rotatable bonds is 18. The van der Waals surface area contributed by atoms with E-state index in [9.17, 15) is 18.0 Å². The van der Waals surface area contributed by atoms with Gasteiger partial charge in [0, 0.05) is 6.61 Å². The third-order valence-corrected chi connectivity index (χ3v) is 5.17. The van der Waals surface area contributed by atoms with Crippen molar-refractivity contribution in [2.75, 3.05) is 19.8 Å². The Morgan fingerprint density at radius 3 is 1.76 bits per heavy atom. The van der Waals surface area contributed by atoms with Crippen molar-refractivity contribution in [3.05, 3.63) is 0 Å². The number of unbranched alkanes of at least 4 members (excludes halogenated alkanes) is 9. The summed E-state index contributed by atoms with van der Waals surface area (Å²) >= 11 is 0. The van der Waals surface area contributed by atoms with Crippen LogP contribution in [0.15, 0.2) is 0 Å². The Kier molecular flexibility index (Phi) is 26.1. The van der Waals surface area contributed by atoms with Crippen molar-refractivity contribution in [1.29, 1.82) is 0 Å². The number of carboxylic acids is 1. The summed E-state index contributed by atoms with van der Waals surface area (Å²) < 4.78 is 40.9. The summed E-state index contributed by atoms with van der Waals surface area (Å²) in [5.74, 6) is -2.81. The zero-order valence-corrected chi connectivity index (χ0v) is 17.0. The number of ether oxygens (including phenoxy) is 2. The number of aliphatic carboxylic acids is 1. The van der Waals surface area contributed by atoms with Gasteiger partial charge in [-0.3, -0.25) is 14.1 Å². The first kappa shape index (κ1) is 34.4. The molecule has 164 valence electrons. The molecule has 0 bridgehead atoms. The molecule has 0 aliphatic carbocycles. The first-order valence-electron chi connectivity index (χ1n) is 9.71. The van der Waals surface area contributed by atoms with Crippen LogP contribution in [0.4, 0.5) is 0 Å². The fourth-order valence-corrected chi connectivity index (χ4v) is 3.22. The molecular weight excluding hydrogens is 422 g/mol. The van der Waals surface area contributed by atoms with Gasteiger partial charge >= 0.3 is 71.1 Å². The maximum absolute atomic E-state index is 11.6. The fourth-order valence-electron chi connectivity index (χ4n) is 2.56. The summed E-state index contributed by atoms with van der Waals surface area (Å²) in [5.41, 5.74) is 0. The van der Waals surface area contributed by atoms with Gasteiger partial charge in [-0.1, -0.05) is 64.7 Å². The predicted octanol–water partition coefficient (Wildman–Crippen LogP) is 1.90. The molecule has 0 fully saturated rings. The van der Waals surface area contributed by atoms with Crippen LogP contribution in [0.3, 0.4) is 0 Å². The molecule has 0 aliphatic heterocycles. The number of carbonyl (C=O) groups excluding carboxylic acids is 1. The van der Waals surface area contributed by atoms with Crippen LogP contribution in [0.25, 0.3) is 0 Å². The van der Waals surface area contributed by atoms with E-state index >= 15 is 0 Å². The van der Waals surface area contributed by atoms with Crippen molar-refractivity contribution >= 4 is 81.2 Å². The summed E-state index contributed by atoms with van der Waals surface area (Å²) in [5, 5.41) is 6.47. The minimum atomic E-state index is -4.82. The van der Waals surface area contributed by atoms with Crippen LogP contribution < -0.4 is 0 Å². The molecule has 11 heteroatoms. The van der Waals surface area contributed by atoms with Crippen LogP contribution in [0.1, 0.15) is 77.6 Å². The maximum atomic E-state index is 11.6. The zero-order valence-electron chi connectivity index (χ0n) is 16.2. The molecule has 0 amide bonds. The fraction of sp³-hybridized carbons (Fsp3) is 0.889. The van der Waals surface area contributed by atoms with Crippen molar-refractivity contribution < 1.29 is 37.1 Å². The standard InChI is InChI=1S/C18H34O8S.2Na.2H/c1-2-3-4-5-6-7-8-9-10-11-12-25-13-14-26-18(21)16(15-17(19)20)27(22,23)24;;;;/h16H,2-15H2,1H3,(H,19,20)(H,22,23,24);;;;. The molecule has 0 spiro atoms. The van der Waals surface area contributed by atoms with E-state index in [1.807, 2.05) is 0 Å². The average Bonchev–Trinajstić information content (AvgIpc) is 2.58. The second-order valence-electron chi connectivity index (χ2n) is 6.56. The van der Waals surface area contributed by atoms with Gasteiger partial charge in [0.25, 0.3) is 10.1 Å². The predicted molar refractivity (Wildman–Crippen MR) is 116 cm³/mol. The van der Waals surface area contributed by atoms with E-state index in [1.54, 1.807) is 0 Å². The van der Waals surface area contributed by atoms with Crippen molar-refractivity contribution in [2.24, 2.45) is 0 Å². The Morgan fingerprint density at radius 2 is 1.31 bits per heavy atom. The van der Waals surface area contributed by atoms with Crippen LogP contribution in [-0.4, -0.2) is 114 Å². The summed E-state index contributed by atoms with van der Waals surface area (Å²) in [6.45, 7) is 2.63.